The van der Waals surface area contributed by atoms with Crippen molar-refractivity contribution in [3.63, 3.8) is 0 Å². The van der Waals surface area contributed by atoms with Crippen molar-refractivity contribution < 1.29 is 4.74 Å². The zero-order chi connectivity index (χ0) is 13.2. The van der Waals surface area contributed by atoms with E-state index < -0.39 is 0 Å². The third kappa shape index (κ3) is 6.34. The van der Waals surface area contributed by atoms with Crippen molar-refractivity contribution in [1.29, 1.82) is 5.26 Å². The highest BCUT2D eigenvalue weighted by atomic mass is 16.5. The summed E-state index contributed by atoms with van der Waals surface area (Å²) >= 11 is 0. The first-order valence-corrected chi connectivity index (χ1v) is 7.20. The molecule has 1 heterocycles. The molecular weight excluding hydrogens is 226 g/mol. The number of ether oxygens (including phenoxy) is 1. The molecule has 2 unspecified atom stereocenters. The zero-order valence-electron chi connectivity index (χ0n) is 11.8. The fourth-order valence-electron chi connectivity index (χ4n) is 2.37. The molecular formula is C14H27N3O. The maximum absolute atomic E-state index is 8.54. The Hall–Kier alpha value is -0.630. The van der Waals surface area contributed by atoms with E-state index in [0.717, 1.165) is 19.1 Å². The molecule has 1 N–H and O–H groups in total. The summed E-state index contributed by atoms with van der Waals surface area (Å²) in [6.45, 7) is 9.07. The molecule has 0 aromatic carbocycles. The Morgan fingerprint density at radius 3 is 3.00 bits per heavy atom. The van der Waals surface area contributed by atoms with Crippen LogP contribution in [0, 0.1) is 11.3 Å². The van der Waals surface area contributed by atoms with E-state index in [1.54, 1.807) is 6.92 Å². The maximum Gasteiger partial charge on any atom is 0.141 e. The van der Waals surface area contributed by atoms with Crippen molar-refractivity contribution in [2.24, 2.45) is 0 Å². The van der Waals surface area contributed by atoms with Crippen LogP contribution in [0.1, 0.15) is 39.5 Å². The lowest BCUT2D eigenvalue weighted by Gasteiger charge is -2.33. The fraction of sp³-hybridized carbons (Fsp3) is 0.929. The van der Waals surface area contributed by atoms with Crippen LogP contribution >= 0.6 is 0 Å². The van der Waals surface area contributed by atoms with Crippen molar-refractivity contribution >= 4 is 0 Å². The van der Waals surface area contributed by atoms with Crippen molar-refractivity contribution in [3.05, 3.63) is 0 Å². The number of piperidine rings is 1. The number of nitrogens with zero attached hydrogens (tertiary/aromatic N) is 2. The van der Waals surface area contributed by atoms with E-state index in [-0.39, 0.29) is 6.10 Å². The topological polar surface area (TPSA) is 48.3 Å². The third-order valence-corrected chi connectivity index (χ3v) is 3.57. The smallest absolute Gasteiger partial charge is 0.141 e. The Morgan fingerprint density at radius 1 is 1.44 bits per heavy atom. The lowest BCUT2D eigenvalue weighted by Crippen LogP contribution is -2.39. The monoisotopic (exact) mass is 253 g/mol. The first-order chi connectivity index (χ1) is 8.74. The molecule has 4 heteroatoms. The van der Waals surface area contributed by atoms with Crippen LogP contribution in [0.3, 0.4) is 0 Å². The van der Waals surface area contributed by atoms with Gasteiger partial charge in [0, 0.05) is 12.6 Å². The molecule has 18 heavy (non-hydrogen) atoms. The highest BCUT2D eigenvalue weighted by molar-refractivity contribution is 4.79. The standard InChI is InChI=1S/C14H27N3O/c1-13-6-3-4-9-17(13)10-5-7-16-8-11-18-14(2)12-15/h13-14,16H,3-11H2,1-2H3. The molecule has 1 aliphatic heterocycles. The molecule has 2 atom stereocenters. The minimum absolute atomic E-state index is 0.291. The molecule has 1 aliphatic rings. The van der Waals surface area contributed by atoms with Crippen molar-refractivity contribution in [2.75, 3.05) is 32.8 Å². The first-order valence-electron chi connectivity index (χ1n) is 7.20. The molecule has 0 amide bonds. The lowest BCUT2D eigenvalue weighted by molar-refractivity contribution is 0.104. The van der Waals surface area contributed by atoms with Gasteiger partial charge in [-0.1, -0.05) is 6.42 Å². The first kappa shape index (κ1) is 15.4. The Balaban J connectivity index is 1.91. The van der Waals surface area contributed by atoms with Crippen molar-refractivity contribution in [2.45, 2.75) is 51.7 Å². The minimum Gasteiger partial charge on any atom is -0.362 e. The van der Waals surface area contributed by atoms with Crippen LogP contribution in [0.25, 0.3) is 0 Å². The van der Waals surface area contributed by atoms with E-state index in [1.807, 2.05) is 0 Å². The molecule has 1 saturated heterocycles. The number of likely N-dealkylation sites (tertiary alicyclic amines) is 1. The Bertz CT molecular complexity index is 252. The largest absolute Gasteiger partial charge is 0.362 e. The van der Waals surface area contributed by atoms with Crippen LogP contribution < -0.4 is 5.32 Å². The Kier molecular flexibility index (Phi) is 7.99. The van der Waals surface area contributed by atoms with E-state index in [9.17, 15) is 0 Å². The van der Waals surface area contributed by atoms with Gasteiger partial charge in [0.05, 0.1) is 12.7 Å². The summed E-state index contributed by atoms with van der Waals surface area (Å²) in [7, 11) is 0. The second-order valence-electron chi connectivity index (χ2n) is 5.13. The van der Waals surface area contributed by atoms with Crippen LogP contribution in [-0.2, 0) is 4.74 Å². The molecule has 0 aromatic rings. The highest BCUT2D eigenvalue weighted by Crippen LogP contribution is 2.15. The van der Waals surface area contributed by atoms with Crippen molar-refractivity contribution in [1.82, 2.24) is 10.2 Å². The highest BCUT2D eigenvalue weighted by Gasteiger charge is 2.16. The molecule has 1 rings (SSSR count). The van der Waals surface area contributed by atoms with Gasteiger partial charge in [0.1, 0.15) is 6.10 Å². The molecule has 0 bridgehead atoms. The average molecular weight is 253 g/mol. The third-order valence-electron chi connectivity index (χ3n) is 3.57. The number of rotatable bonds is 8. The summed E-state index contributed by atoms with van der Waals surface area (Å²) in [6.07, 6.45) is 5.01. The summed E-state index contributed by atoms with van der Waals surface area (Å²) in [5.74, 6) is 0. The average Bonchev–Trinajstić information content (AvgIpc) is 2.39. The van der Waals surface area contributed by atoms with E-state index in [0.29, 0.717) is 6.61 Å². The van der Waals surface area contributed by atoms with Gasteiger partial charge in [-0.25, -0.2) is 0 Å². The van der Waals surface area contributed by atoms with Gasteiger partial charge in [-0.2, -0.15) is 5.26 Å². The van der Waals surface area contributed by atoms with Gasteiger partial charge in [0.2, 0.25) is 0 Å². The van der Waals surface area contributed by atoms with Gasteiger partial charge in [-0.05, 0) is 52.7 Å². The summed E-state index contributed by atoms with van der Waals surface area (Å²) in [4.78, 5) is 2.60. The second-order valence-corrected chi connectivity index (χ2v) is 5.13. The normalized spacial score (nSPS) is 22.6. The number of nitriles is 1. The molecule has 0 radical (unpaired) electrons. The van der Waals surface area contributed by atoms with E-state index in [4.69, 9.17) is 10.00 Å². The number of hydrogen-bond acceptors (Lipinski definition) is 4. The van der Waals surface area contributed by atoms with Crippen LogP contribution in [0.5, 0.6) is 0 Å². The van der Waals surface area contributed by atoms with E-state index in [2.05, 4.69) is 23.2 Å². The molecule has 0 aromatic heterocycles. The molecule has 0 aliphatic carbocycles. The van der Waals surface area contributed by atoms with E-state index >= 15 is 0 Å². The van der Waals surface area contributed by atoms with E-state index in [1.165, 1.54) is 38.8 Å². The summed E-state index contributed by atoms with van der Waals surface area (Å²) in [6, 6.07) is 2.82. The molecule has 0 spiro atoms. The fourth-order valence-corrected chi connectivity index (χ4v) is 2.37. The van der Waals surface area contributed by atoms with Gasteiger partial charge in [-0.15, -0.1) is 0 Å². The van der Waals surface area contributed by atoms with Gasteiger partial charge >= 0.3 is 0 Å². The molecule has 1 fully saturated rings. The van der Waals surface area contributed by atoms with Gasteiger partial charge < -0.3 is 15.0 Å². The summed E-state index contributed by atoms with van der Waals surface area (Å²) < 4.78 is 5.27. The predicted molar refractivity (Wildman–Crippen MR) is 73.4 cm³/mol. The number of nitrogens with one attached hydrogen (secondary N) is 1. The van der Waals surface area contributed by atoms with Crippen molar-refractivity contribution in [3.8, 4) is 6.07 Å². The summed E-state index contributed by atoms with van der Waals surface area (Å²) in [5, 5.41) is 11.9. The lowest BCUT2D eigenvalue weighted by atomic mass is 10.0. The van der Waals surface area contributed by atoms with Crippen LogP contribution in [-0.4, -0.2) is 49.8 Å². The zero-order valence-corrected chi connectivity index (χ0v) is 11.8. The summed E-state index contributed by atoms with van der Waals surface area (Å²) in [5.41, 5.74) is 0. The Labute approximate surface area is 111 Å². The minimum atomic E-state index is -0.291. The van der Waals surface area contributed by atoms with Gasteiger partial charge in [0.15, 0.2) is 0 Å². The van der Waals surface area contributed by atoms with Crippen LogP contribution in [0.4, 0.5) is 0 Å². The van der Waals surface area contributed by atoms with Crippen LogP contribution in [0.2, 0.25) is 0 Å². The number of hydrogen-bond donors (Lipinski definition) is 1. The maximum atomic E-state index is 8.54. The molecule has 0 saturated carbocycles. The Morgan fingerprint density at radius 2 is 2.28 bits per heavy atom. The quantitative estimate of drug-likeness (QED) is 0.670. The predicted octanol–water partition coefficient (Wildman–Crippen LogP) is 1.77. The molecule has 104 valence electrons. The van der Waals surface area contributed by atoms with Gasteiger partial charge in [-0.3, -0.25) is 0 Å². The van der Waals surface area contributed by atoms with Crippen LogP contribution in [0.15, 0.2) is 0 Å². The SMILES string of the molecule is CC(C#N)OCCNCCCN1CCCCC1C. The second kappa shape index (κ2) is 9.32. The van der Waals surface area contributed by atoms with Gasteiger partial charge in [0.25, 0.3) is 0 Å². The molecule has 4 nitrogen and oxygen atoms in total.